The molecule has 0 spiro atoms. The van der Waals surface area contributed by atoms with Crippen molar-refractivity contribution < 1.29 is 19.4 Å². The minimum absolute atomic E-state index is 0.0349. The summed E-state index contributed by atoms with van der Waals surface area (Å²) in [5, 5.41) is 11.3. The highest BCUT2D eigenvalue weighted by Crippen LogP contribution is 2.23. The number of hydrogen-bond acceptors (Lipinski definition) is 4. The Morgan fingerprint density at radius 2 is 2.24 bits per heavy atom. The largest absolute Gasteiger partial charge is 0.481 e. The summed E-state index contributed by atoms with van der Waals surface area (Å²) in [7, 11) is 1.44. The van der Waals surface area contributed by atoms with Crippen LogP contribution in [0.4, 0.5) is 0 Å². The van der Waals surface area contributed by atoms with Gasteiger partial charge in [0.25, 0.3) is 0 Å². The van der Waals surface area contributed by atoms with Crippen LogP contribution in [0, 0.1) is 5.92 Å². The van der Waals surface area contributed by atoms with Gasteiger partial charge >= 0.3 is 5.97 Å². The molecule has 0 aromatic rings. The Morgan fingerprint density at radius 3 is 2.71 bits per heavy atom. The van der Waals surface area contributed by atoms with Gasteiger partial charge in [0.05, 0.1) is 12.5 Å². The van der Waals surface area contributed by atoms with Gasteiger partial charge in [-0.25, -0.2) is 0 Å². The van der Waals surface area contributed by atoms with Gasteiger partial charge in [0.15, 0.2) is 0 Å². The van der Waals surface area contributed by atoms with E-state index in [1.54, 1.807) is 0 Å². The first kappa shape index (κ1) is 13.9. The Bertz CT molecular complexity index is 283. The topological polar surface area (TPSA) is 102 Å². The maximum atomic E-state index is 11.7. The standard InChI is InChI=1S/C11H20N2O4/c1-17-9(5-10(14)15)6-13-11(16)7-2-3-8(12)4-7/h7-9H,2-6,12H2,1H3,(H,13,16)(H,14,15). The van der Waals surface area contributed by atoms with E-state index in [-0.39, 0.29) is 30.8 Å². The van der Waals surface area contributed by atoms with Gasteiger partial charge < -0.3 is 20.9 Å². The lowest BCUT2D eigenvalue weighted by Crippen LogP contribution is -2.37. The fraction of sp³-hybridized carbons (Fsp3) is 0.818. The molecular formula is C11H20N2O4. The number of carboxylic acids is 1. The molecule has 0 bridgehead atoms. The normalized spacial score (nSPS) is 25.5. The number of aliphatic carboxylic acids is 1. The molecule has 1 fully saturated rings. The predicted octanol–water partition coefficient (Wildman–Crippen LogP) is -0.280. The third-order valence-corrected chi connectivity index (χ3v) is 3.08. The molecule has 1 saturated carbocycles. The number of carbonyl (C=O) groups is 2. The molecule has 17 heavy (non-hydrogen) atoms. The summed E-state index contributed by atoms with van der Waals surface area (Å²) in [6.07, 6.45) is 1.81. The van der Waals surface area contributed by atoms with Crippen LogP contribution in [0.15, 0.2) is 0 Å². The highest BCUT2D eigenvalue weighted by atomic mass is 16.5. The monoisotopic (exact) mass is 244 g/mol. The smallest absolute Gasteiger partial charge is 0.306 e. The highest BCUT2D eigenvalue weighted by Gasteiger charge is 2.28. The number of nitrogens with two attached hydrogens (primary N) is 1. The van der Waals surface area contributed by atoms with E-state index in [0.29, 0.717) is 6.42 Å². The second-order valence-corrected chi connectivity index (χ2v) is 4.47. The quantitative estimate of drug-likeness (QED) is 0.596. The minimum Gasteiger partial charge on any atom is -0.481 e. The van der Waals surface area contributed by atoms with Crippen molar-refractivity contribution in [2.24, 2.45) is 11.7 Å². The van der Waals surface area contributed by atoms with Crippen molar-refractivity contribution in [2.75, 3.05) is 13.7 Å². The van der Waals surface area contributed by atoms with E-state index in [2.05, 4.69) is 5.32 Å². The summed E-state index contributed by atoms with van der Waals surface area (Å²) < 4.78 is 4.98. The zero-order valence-electron chi connectivity index (χ0n) is 10.0. The lowest BCUT2D eigenvalue weighted by atomic mass is 10.1. The van der Waals surface area contributed by atoms with Crippen LogP contribution in [0.25, 0.3) is 0 Å². The van der Waals surface area contributed by atoms with Crippen molar-refractivity contribution in [1.29, 1.82) is 0 Å². The van der Waals surface area contributed by atoms with Gasteiger partial charge in [-0.2, -0.15) is 0 Å². The van der Waals surface area contributed by atoms with Crippen molar-refractivity contribution in [3.8, 4) is 0 Å². The molecule has 0 aromatic heterocycles. The molecule has 0 aliphatic heterocycles. The Morgan fingerprint density at radius 1 is 1.53 bits per heavy atom. The number of methoxy groups -OCH3 is 1. The minimum atomic E-state index is -0.936. The van der Waals surface area contributed by atoms with E-state index in [0.717, 1.165) is 12.8 Å². The van der Waals surface area contributed by atoms with Crippen molar-refractivity contribution in [3.05, 3.63) is 0 Å². The van der Waals surface area contributed by atoms with E-state index in [9.17, 15) is 9.59 Å². The molecule has 0 saturated heterocycles. The summed E-state index contributed by atoms with van der Waals surface area (Å²) in [6.45, 7) is 0.230. The maximum absolute atomic E-state index is 11.7. The fourth-order valence-electron chi connectivity index (χ4n) is 2.05. The van der Waals surface area contributed by atoms with E-state index in [1.807, 2.05) is 0 Å². The Balaban J connectivity index is 2.28. The first-order valence-electron chi connectivity index (χ1n) is 5.80. The summed E-state index contributed by atoms with van der Waals surface area (Å²) in [6, 6.07) is 0.114. The molecule has 1 aliphatic rings. The van der Waals surface area contributed by atoms with Crippen LogP contribution in [-0.2, 0) is 14.3 Å². The zero-order chi connectivity index (χ0) is 12.8. The van der Waals surface area contributed by atoms with Crippen molar-refractivity contribution >= 4 is 11.9 Å². The Kier molecular flexibility index (Phi) is 5.37. The molecule has 1 amide bonds. The number of rotatable bonds is 6. The SMILES string of the molecule is COC(CNC(=O)C1CCC(N)C1)CC(=O)O. The van der Waals surface area contributed by atoms with Gasteiger partial charge in [0, 0.05) is 25.6 Å². The van der Waals surface area contributed by atoms with E-state index in [4.69, 9.17) is 15.6 Å². The number of hydrogen-bond donors (Lipinski definition) is 3. The zero-order valence-corrected chi connectivity index (χ0v) is 10.0. The van der Waals surface area contributed by atoms with Gasteiger partial charge in [0.1, 0.15) is 0 Å². The number of carbonyl (C=O) groups excluding carboxylic acids is 1. The number of carboxylic acid groups (broad SMARTS) is 1. The van der Waals surface area contributed by atoms with Crippen molar-refractivity contribution in [2.45, 2.75) is 37.8 Å². The number of nitrogens with one attached hydrogen (secondary N) is 1. The molecule has 6 nitrogen and oxygen atoms in total. The third kappa shape index (κ3) is 4.70. The molecule has 0 radical (unpaired) electrons. The summed E-state index contributed by atoms with van der Waals surface area (Å²) in [5.41, 5.74) is 5.73. The van der Waals surface area contributed by atoms with Crippen molar-refractivity contribution in [1.82, 2.24) is 5.32 Å². The molecule has 1 aliphatic carbocycles. The molecular weight excluding hydrogens is 224 g/mol. The highest BCUT2D eigenvalue weighted by molar-refractivity contribution is 5.79. The molecule has 1 rings (SSSR count). The molecule has 0 heterocycles. The first-order valence-corrected chi connectivity index (χ1v) is 5.80. The molecule has 3 unspecified atom stereocenters. The number of ether oxygens (including phenoxy) is 1. The average Bonchev–Trinajstić information content (AvgIpc) is 2.70. The van der Waals surface area contributed by atoms with Gasteiger partial charge in [-0.15, -0.1) is 0 Å². The summed E-state index contributed by atoms with van der Waals surface area (Å²) in [4.78, 5) is 22.2. The van der Waals surface area contributed by atoms with Gasteiger partial charge in [0.2, 0.25) is 5.91 Å². The number of amides is 1. The van der Waals surface area contributed by atoms with Crippen LogP contribution < -0.4 is 11.1 Å². The van der Waals surface area contributed by atoms with E-state index < -0.39 is 12.1 Å². The van der Waals surface area contributed by atoms with Gasteiger partial charge in [-0.05, 0) is 19.3 Å². The van der Waals surface area contributed by atoms with Crippen LogP contribution >= 0.6 is 0 Å². The molecule has 98 valence electrons. The van der Waals surface area contributed by atoms with Gasteiger partial charge in [-0.1, -0.05) is 0 Å². The van der Waals surface area contributed by atoms with Gasteiger partial charge in [-0.3, -0.25) is 9.59 Å². The van der Waals surface area contributed by atoms with Crippen LogP contribution in [0.3, 0.4) is 0 Å². The molecule has 3 atom stereocenters. The summed E-state index contributed by atoms with van der Waals surface area (Å²) >= 11 is 0. The van der Waals surface area contributed by atoms with E-state index >= 15 is 0 Å². The second kappa shape index (κ2) is 6.56. The van der Waals surface area contributed by atoms with E-state index in [1.165, 1.54) is 7.11 Å². The maximum Gasteiger partial charge on any atom is 0.306 e. The Hall–Kier alpha value is -1.14. The predicted molar refractivity (Wildman–Crippen MR) is 61.4 cm³/mol. The van der Waals surface area contributed by atoms with Crippen LogP contribution in [-0.4, -0.2) is 42.8 Å². The molecule has 4 N–H and O–H groups in total. The summed E-state index contributed by atoms with van der Waals surface area (Å²) in [5.74, 6) is -1.02. The first-order chi connectivity index (χ1) is 8.02. The molecule has 0 aromatic carbocycles. The lowest BCUT2D eigenvalue weighted by Gasteiger charge is -2.16. The fourth-order valence-corrected chi connectivity index (χ4v) is 2.05. The lowest BCUT2D eigenvalue weighted by molar-refractivity contribution is -0.140. The Labute approximate surface area is 101 Å². The average molecular weight is 244 g/mol. The molecule has 6 heteroatoms. The van der Waals surface area contributed by atoms with Crippen molar-refractivity contribution in [3.63, 3.8) is 0 Å². The van der Waals surface area contributed by atoms with Crippen LogP contribution in [0.1, 0.15) is 25.7 Å². The van der Waals surface area contributed by atoms with Crippen LogP contribution in [0.2, 0.25) is 0 Å². The second-order valence-electron chi connectivity index (χ2n) is 4.47. The third-order valence-electron chi connectivity index (χ3n) is 3.08. The van der Waals surface area contributed by atoms with Crippen LogP contribution in [0.5, 0.6) is 0 Å².